The zero-order valence-corrected chi connectivity index (χ0v) is 13.4. The van der Waals surface area contributed by atoms with Crippen molar-refractivity contribution in [1.82, 2.24) is 20.8 Å². The number of urea groups is 1. The van der Waals surface area contributed by atoms with Crippen LogP contribution in [0.5, 0.6) is 5.75 Å². The van der Waals surface area contributed by atoms with Gasteiger partial charge < -0.3 is 15.4 Å². The molecule has 0 radical (unpaired) electrons. The smallest absolute Gasteiger partial charge is 0.315 e. The molecule has 1 aliphatic heterocycles. The summed E-state index contributed by atoms with van der Waals surface area (Å²) in [5.74, 6) is 0.847. The molecule has 1 atom stereocenters. The normalized spacial score (nSPS) is 16.0. The van der Waals surface area contributed by atoms with E-state index in [4.69, 9.17) is 4.74 Å². The first-order valence-electron chi connectivity index (χ1n) is 7.18. The summed E-state index contributed by atoms with van der Waals surface area (Å²) in [5.41, 5.74) is 2.19. The second kappa shape index (κ2) is 6.31. The van der Waals surface area contributed by atoms with Crippen LogP contribution in [0.15, 0.2) is 18.2 Å². The highest BCUT2D eigenvalue weighted by Gasteiger charge is 2.25. The number of amides is 2. The van der Waals surface area contributed by atoms with Crippen LogP contribution in [0.25, 0.3) is 0 Å². The zero-order chi connectivity index (χ0) is 15.5. The van der Waals surface area contributed by atoms with Crippen molar-refractivity contribution in [2.75, 3.05) is 13.2 Å². The maximum atomic E-state index is 12.0. The Morgan fingerprint density at radius 2 is 2.27 bits per heavy atom. The van der Waals surface area contributed by atoms with Gasteiger partial charge in [0.25, 0.3) is 0 Å². The minimum atomic E-state index is -0.191. The van der Waals surface area contributed by atoms with Crippen LogP contribution < -0.4 is 15.4 Å². The molecule has 1 aliphatic rings. The fourth-order valence-electron chi connectivity index (χ4n) is 2.38. The number of aromatic nitrogens is 2. The Bertz CT molecular complexity index is 686. The molecule has 0 unspecified atom stereocenters. The second-order valence-electron chi connectivity index (χ2n) is 5.27. The number of fused-ring (bicyclic) bond motifs is 1. The van der Waals surface area contributed by atoms with E-state index in [1.54, 1.807) is 11.3 Å². The van der Waals surface area contributed by atoms with Crippen molar-refractivity contribution >= 4 is 17.4 Å². The average molecular weight is 318 g/mol. The zero-order valence-electron chi connectivity index (χ0n) is 12.5. The quantitative estimate of drug-likeness (QED) is 0.905. The van der Waals surface area contributed by atoms with Crippen LogP contribution in [-0.2, 0) is 6.42 Å². The lowest BCUT2D eigenvalue weighted by atomic mass is 10.1. The number of benzene rings is 1. The van der Waals surface area contributed by atoms with E-state index < -0.39 is 0 Å². The molecule has 116 valence electrons. The number of nitrogens with zero attached hydrogens (tertiary/aromatic N) is 2. The van der Waals surface area contributed by atoms with Gasteiger partial charge in [-0.05, 0) is 19.9 Å². The molecule has 2 heterocycles. The Hall–Kier alpha value is -2.15. The third kappa shape index (κ3) is 3.36. The van der Waals surface area contributed by atoms with Crippen LogP contribution in [0.1, 0.15) is 27.2 Å². The number of nitrogens with one attached hydrogen (secondary N) is 2. The Labute approximate surface area is 132 Å². The number of hydrogen-bond acceptors (Lipinski definition) is 5. The van der Waals surface area contributed by atoms with Gasteiger partial charge in [-0.2, -0.15) is 0 Å². The Kier molecular flexibility index (Phi) is 4.24. The fraction of sp³-hybridized carbons (Fsp3) is 0.400. The minimum Gasteiger partial charge on any atom is -0.491 e. The molecule has 2 amide bonds. The van der Waals surface area contributed by atoms with Gasteiger partial charge in [0.1, 0.15) is 22.4 Å². The highest BCUT2D eigenvalue weighted by Crippen LogP contribution is 2.32. The molecule has 0 spiro atoms. The topological polar surface area (TPSA) is 76.1 Å². The van der Waals surface area contributed by atoms with E-state index in [0.717, 1.165) is 26.9 Å². The van der Waals surface area contributed by atoms with Crippen LogP contribution >= 0.6 is 11.3 Å². The Balaban J connectivity index is 1.50. The van der Waals surface area contributed by atoms with E-state index >= 15 is 0 Å². The van der Waals surface area contributed by atoms with Crippen LogP contribution in [0, 0.1) is 13.8 Å². The van der Waals surface area contributed by atoms with Gasteiger partial charge in [0.15, 0.2) is 0 Å². The molecular weight excluding hydrogens is 300 g/mol. The van der Waals surface area contributed by atoms with Crippen molar-refractivity contribution in [3.8, 4) is 5.75 Å². The van der Waals surface area contributed by atoms with Gasteiger partial charge in [-0.25, -0.2) is 4.79 Å². The molecule has 0 aliphatic carbocycles. The lowest BCUT2D eigenvalue weighted by Gasteiger charge is -2.12. The average Bonchev–Trinajstić information content (AvgIpc) is 3.06. The third-order valence-electron chi connectivity index (χ3n) is 3.44. The molecule has 1 aromatic carbocycles. The molecular formula is C15H18N4O2S. The summed E-state index contributed by atoms with van der Waals surface area (Å²) in [6, 6.07) is 5.72. The number of rotatable bonds is 4. The molecule has 22 heavy (non-hydrogen) atoms. The van der Waals surface area contributed by atoms with Crippen molar-refractivity contribution in [1.29, 1.82) is 0 Å². The fourth-order valence-corrected chi connectivity index (χ4v) is 3.09. The lowest BCUT2D eigenvalue weighted by Crippen LogP contribution is -2.39. The van der Waals surface area contributed by atoms with E-state index in [0.29, 0.717) is 19.6 Å². The van der Waals surface area contributed by atoms with E-state index in [1.165, 1.54) is 0 Å². The van der Waals surface area contributed by atoms with Crippen molar-refractivity contribution in [2.45, 2.75) is 26.3 Å². The monoisotopic (exact) mass is 318 g/mol. The first-order valence-corrected chi connectivity index (χ1v) is 8.00. The van der Waals surface area contributed by atoms with Gasteiger partial charge in [-0.3, -0.25) is 0 Å². The van der Waals surface area contributed by atoms with E-state index in [2.05, 4.69) is 26.9 Å². The number of hydrogen-bond donors (Lipinski definition) is 2. The van der Waals surface area contributed by atoms with Crippen LogP contribution in [0.4, 0.5) is 4.79 Å². The summed E-state index contributed by atoms with van der Waals surface area (Å²) in [6.07, 6.45) is 0.690. The molecule has 0 saturated heterocycles. The standard InChI is InChI=1S/C15H18N4O2S/c1-9-3-4-13-11(7-9)12(8-21-13)17-15(20)16-6-5-14-19-18-10(2)22-14/h3-4,7,12H,5-6,8H2,1-2H3,(H2,16,17,20)/t12-/m0/s1. The molecule has 7 heteroatoms. The summed E-state index contributed by atoms with van der Waals surface area (Å²) in [6.45, 7) is 4.96. The molecule has 3 rings (SSSR count). The molecule has 0 fully saturated rings. The Morgan fingerprint density at radius 1 is 1.41 bits per heavy atom. The van der Waals surface area contributed by atoms with Gasteiger partial charge >= 0.3 is 6.03 Å². The molecule has 2 aromatic rings. The predicted molar refractivity (Wildman–Crippen MR) is 84.3 cm³/mol. The number of aryl methyl sites for hydroxylation is 2. The lowest BCUT2D eigenvalue weighted by molar-refractivity contribution is 0.232. The highest BCUT2D eigenvalue weighted by atomic mass is 32.1. The largest absolute Gasteiger partial charge is 0.491 e. The molecule has 1 aromatic heterocycles. The minimum absolute atomic E-state index is 0.0985. The molecule has 2 N–H and O–H groups in total. The van der Waals surface area contributed by atoms with Crippen molar-refractivity contribution in [3.63, 3.8) is 0 Å². The van der Waals surface area contributed by atoms with Gasteiger partial charge in [0, 0.05) is 18.5 Å². The second-order valence-corrected chi connectivity index (χ2v) is 6.54. The van der Waals surface area contributed by atoms with E-state index in [-0.39, 0.29) is 12.1 Å². The van der Waals surface area contributed by atoms with E-state index in [1.807, 2.05) is 26.0 Å². The maximum Gasteiger partial charge on any atom is 0.315 e. The SMILES string of the molecule is Cc1ccc2c(c1)[C@@H](NC(=O)NCCc1nnc(C)s1)CO2. The van der Waals surface area contributed by atoms with Crippen molar-refractivity contribution in [3.05, 3.63) is 39.3 Å². The van der Waals surface area contributed by atoms with Crippen LogP contribution in [0.3, 0.4) is 0 Å². The number of carbonyl (C=O) groups is 1. The van der Waals surface area contributed by atoms with Crippen LogP contribution in [0.2, 0.25) is 0 Å². The summed E-state index contributed by atoms with van der Waals surface area (Å²) < 4.78 is 5.58. The Morgan fingerprint density at radius 3 is 3.05 bits per heavy atom. The molecule has 0 bridgehead atoms. The van der Waals surface area contributed by atoms with Gasteiger partial charge in [-0.15, -0.1) is 21.5 Å². The maximum absolute atomic E-state index is 12.0. The molecule has 6 nitrogen and oxygen atoms in total. The predicted octanol–water partition coefficient (Wildman–Crippen LogP) is 2.13. The highest BCUT2D eigenvalue weighted by molar-refractivity contribution is 7.11. The summed E-state index contributed by atoms with van der Waals surface area (Å²) in [4.78, 5) is 12.0. The third-order valence-corrected chi connectivity index (χ3v) is 4.34. The van der Waals surface area contributed by atoms with Gasteiger partial charge in [0.05, 0.1) is 6.04 Å². The van der Waals surface area contributed by atoms with Gasteiger partial charge in [0.2, 0.25) is 0 Å². The van der Waals surface area contributed by atoms with E-state index in [9.17, 15) is 4.79 Å². The number of ether oxygens (including phenoxy) is 1. The summed E-state index contributed by atoms with van der Waals surface area (Å²) in [5, 5.41) is 15.7. The summed E-state index contributed by atoms with van der Waals surface area (Å²) >= 11 is 1.55. The van der Waals surface area contributed by atoms with Gasteiger partial charge in [-0.1, -0.05) is 17.7 Å². The first-order chi connectivity index (χ1) is 10.6. The number of carbonyl (C=O) groups excluding carboxylic acids is 1. The van der Waals surface area contributed by atoms with Crippen molar-refractivity contribution in [2.24, 2.45) is 0 Å². The molecule has 0 saturated carbocycles. The summed E-state index contributed by atoms with van der Waals surface area (Å²) in [7, 11) is 0. The van der Waals surface area contributed by atoms with Crippen molar-refractivity contribution < 1.29 is 9.53 Å². The van der Waals surface area contributed by atoms with Crippen LogP contribution in [-0.4, -0.2) is 29.4 Å². The first kappa shape index (κ1) is 14.8.